The van der Waals surface area contributed by atoms with Gasteiger partial charge in [-0.2, -0.15) is 0 Å². The van der Waals surface area contributed by atoms with E-state index in [1.807, 2.05) is 42.3 Å². The number of para-hydroxylation sites is 1. The van der Waals surface area contributed by atoms with E-state index >= 15 is 0 Å². The third-order valence-corrected chi connectivity index (χ3v) is 3.89. The third-order valence-electron chi connectivity index (χ3n) is 3.89. The zero-order valence-corrected chi connectivity index (χ0v) is 14.1. The van der Waals surface area contributed by atoms with Crippen LogP contribution in [0.2, 0.25) is 0 Å². The lowest BCUT2D eigenvalue weighted by Gasteiger charge is -2.19. The number of halogens is 2. The average molecular weight is 353 g/mol. The van der Waals surface area contributed by atoms with Crippen molar-refractivity contribution in [2.45, 2.75) is 6.54 Å². The zero-order chi connectivity index (χ0) is 18.5. The van der Waals surface area contributed by atoms with Gasteiger partial charge in [0.05, 0.1) is 11.9 Å². The number of amides is 1. The van der Waals surface area contributed by atoms with Gasteiger partial charge < -0.3 is 10.2 Å². The Hall–Kier alpha value is -3.28. The minimum Gasteiger partial charge on any atom is -0.369 e. The summed E-state index contributed by atoms with van der Waals surface area (Å²) in [5, 5.41) is 2.22. The first kappa shape index (κ1) is 17.5. The fourth-order valence-electron chi connectivity index (χ4n) is 2.49. The highest BCUT2D eigenvalue weighted by Gasteiger charge is 2.14. The van der Waals surface area contributed by atoms with Gasteiger partial charge in [0.25, 0.3) is 5.91 Å². The van der Waals surface area contributed by atoms with Crippen molar-refractivity contribution < 1.29 is 13.6 Å². The number of hydrogen-bond donors (Lipinski definition) is 1. The van der Waals surface area contributed by atoms with Crippen molar-refractivity contribution in [3.63, 3.8) is 0 Å². The van der Waals surface area contributed by atoms with E-state index in [0.29, 0.717) is 6.54 Å². The molecule has 0 radical (unpaired) electrons. The monoisotopic (exact) mass is 353 g/mol. The Labute approximate surface area is 150 Å². The first-order valence-corrected chi connectivity index (χ1v) is 8.01. The quantitative estimate of drug-likeness (QED) is 0.746. The number of nitrogens with one attached hydrogen (secondary N) is 1. The Morgan fingerprint density at radius 2 is 1.69 bits per heavy atom. The van der Waals surface area contributed by atoms with Gasteiger partial charge in [0.1, 0.15) is 23.0 Å². The van der Waals surface area contributed by atoms with Crippen molar-refractivity contribution in [2.75, 3.05) is 17.3 Å². The molecule has 0 aliphatic rings. The maximum absolute atomic E-state index is 13.6. The molecule has 0 saturated carbocycles. The Morgan fingerprint density at radius 3 is 2.31 bits per heavy atom. The molecular weight excluding hydrogens is 336 g/mol. The molecule has 1 amide bonds. The van der Waals surface area contributed by atoms with Crippen molar-refractivity contribution in [1.82, 2.24) is 4.98 Å². The van der Waals surface area contributed by atoms with E-state index in [0.717, 1.165) is 23.4 Å². The first-order chi connectivity index (χ1) is 12.5. The lowest BCUT2D eigenvalue weighted by atomic mass is 10.2. The van der Waals surface area contributed by atoms with Gasteiger partial charge in [-0.25, -0.2) is 13.8 Å². The van der Waals surface area contributed by atoms with Crippen LogP contribution < -0.4 is 10.2 Å². The molecule has 0 unspecified atom stereocenters. The van der Waals surface area contributed by atoms with E-state index in [2.05, 4.69) is 10.3 Å². The summed E-state index contributed by atoms with van der Waals surface area (Å²) in [6.45, 7) is 0.689. The number of carbonyl (C=O) groups excluding carboxylic acids is 1. The Bertz CT molecular complexity index is 878. The van der Waals surface area contributed by atoms with Gasteiger partial charge in [0.15, 0.2) is 0 Å². The molecule has 4 nitrogen and oxygen atoms in total. The van der Waals surface area contributed by atoms with Crippen LogP contribution in [0.25, 0.3) is 0 Å². The van der Waals surface area contributed by atoms with Gasteiger partial charge in [-0.1, -0.05) is 36.4 Å². The molecule has 26 heavy (non-hydrogen) atoms. The molecule has 1 heterocycles. The summed E-state index contributed by atoms with van der Waals surface area (Å²) in [5.74, 6) is -2.35. The molecule has 3 rings (SSSR count). The standard InChI is InChI=1S/C20H17F2N3O/c1-25(13-14-6-3-2-4-7-14)15-10-11-18(23-12-15)20(26)24-19-16(21)8-5-9-17(19)22/h2-12H,13H2,1H3,(H,24,26). The highest BCUT2D eigenvalue weighted by atomic mass is 19.1. The van der Waals surface area contributed by atoms with Crippen molar-refractivity contribution in [1.29, 1.82) is 0 Å². The number of anilines is 2. The molecule has 0 spiro atoms. The Morgan fingerprint density at radius 1 is 1.00 bits per heavy atom. The van der Waals surface area contributed by atoms with Crippen LogP contribution >= 0.6 is 0 Å². The van der Waals surface area contributed by atoms with E-state index in [-0.39, 0.29) is 5.69 Å². The molecule has 0 fully saturated rings. The van der Waals surface area contributed by atoms with Crippen LogP contribution in [0.3, 0.4) is 0 Å². The van der Waals surface area contributed by atoms with Gasteiger partial charge in [-0.05, 0) is 29.8 Å². The summed E-state index contributed by atoms with van der Waals surface area (Å²) in [6, 6.07) is 16.6. The number of aromatic nitrogens is 1. The molecule has 1 aromatic heterocycles. The van der Waals surface area contributed by atoms with Crippen LogP contribution in [0.5, 0.6) is 0 Å². The lowest BCUT2D eigenvalue weighted by Crippen LogP contribution is -2.18. The SMILES string of the molecule is CN(Cc1ccccc1)c1ccc(C(=O)Nc2c(F)cccc2F)nc1. The molecule has 0 saturated heterocycles. The zero-order valence-electron chi connectivity index (χ0n) is 14.1. The largest absolute Gasteiger partial charge is 0.369 e. The normalized spacial score (nSPS) is 10.4. The summed E-state index contributed by atoms with van der Waals surface area (Å²) in [4.78, 5) is 18.3. The molecule has 0 aliphatic carbocycles. The smallest absolute Gasteiger partial charge is 0.274 e. The topological polar surface area (TPSA) is 45.2 Å². The molecule has 2 aromatic carbocycles. The number of pyridine rings is 1. The molecule has 0 atom stereocenters. The number of nitrogens with zero attached hydrogens (tertiary/aromatic N) is 2. The van der Waals surface area contributed by atoms with Gasteiger partial charge in [-0.3, -0.25) is 4.79 Å². The van der Waals surface area contributed by atoms with Crippen molar-refractivity contribution in [3.8, 4) is 0 Å². The first-order valence-electron chi connectivity index (χ1n) is 8.01. The average Bonchev–Trinajstić information content (AvgIpc) is 2.65. The van der Waals surface area contributed by atoms with Crippen LogP contribution in [0, 0.1) is 11.6 Å². The van der Waals surface area contributed by atoms with Crippen LogP contribution in [-0.4, -0.2) is 17.9 Å². The maximum Gasteiger partial charge on any atom is 0.274 e. The van der Waals surface area contributed by atoms with Crippen LogP contribution in [0.4, 0.5) is 20.2 Å². The minimum absolute atomic E-state index is 0.0736. The molecule has 0 aliphatic heterocycles. The molecule has 132 valence electrons. The van der Waals surface area contributed by atoms with E-state index in [9.17, 15) is 13.6 Å². The lowest BCUT2D eigenvalue weighted by molar-refractivity contribution is 0.102. The van der Waals surface area contributed by atoms with Gasteiger partial charge in [-0.15, -0.1) is 0 Å². The minimum atomic E-state index is -0.836. The van der Waals surface area contributed by atoms with Gasteiger partial charge in [0, 0.05) is 13.6 Å². The van der Waals surface area contributed by atoms with Crippen molar-refractivity contribution in [2.24, 2.45) is 0 Å². The summed E-state index contributed by atoms with van der Waals surface area (Å²) in [7, 11) is 1.92. The van der Waals surface area contributed by atoms with E-state index in [4.69, 9.17) is 0 Å². The second kappa shape index (κ2) is 7.74. The molecule has 3 aromatic rings. The van der Waals surface area contributed by atoms with Crippen LogP contribution in [0.15, 0.2) is 66.9 Å². The van der Waals surface area contributed by atoms with Crippen LogP contribution in [-0.2, 0) is 6.54 Å². The highest BCUT2D eigenvalue weighted by Crippen LogP contribution is 2.19. The number of benzene rings is 2. The van der Waals surface area contributed by atoms with Crippen LogP contribution in [0.1, 0.15) is 16.1 Å². The Kier molecular flexibility index (Phi) is 5.22. The summed E-state index contributed by atoms with van der Waals surface area (Å²) in [5.41, 5.74) is 1.56. The predicted molar refractivity (Wildman–Crippen MR) is 97.1 cm³/mol. The second-order valence-corrected chi connectivity index (χ2v) is 5.79. The van der Waals surface area contributed by atoms with Gasteiger partial charge in [0.2, 0.25) is 0 Å². The van der Waals surface area contributed by atoms with E-state index < -0.39 is 23.2 Å². The summed E-state index contributed by atoms with van der Waals surface area (Å²) in [6.07, 6.45) is 1.55. The maximum atomic E-state index is 13.6. The fraction of sp³-hybridized carbons (Fsp3) is 0.100. The fourth-order valence-corrected chi connectivity index (χ4v) is 2.49. The molecule has 0 bridgehead atoms. The molecular formula is C20H17F2N3O. The highest BCUT2D eigenvalue weighted by molar-refractivity contribution is 6.03. The summed E-state index contributed by atoms with van der Waals surface area (Å²) >= 11 is 0. The van der Waals surface area contributed by atoms with Crippen molar-refractivity contribution in [3.05, 3.63) is 89.8 Å². The molecule has 1 N–H and O–H groups in total. The third kappa shape index (κ3) is 4.03. The predicted octanol–water partition coefficient (Wildman–Crippen LogP) is 4.25. The van der Waals surface area contributed by atoms with Gasteiger partial charge >= 0.3 is 0 Å². The number of rotatable bonds is 5. The Balaban J connectivity index is 1.70. The summed E-state index contributed by atoms with van der Waals surface area (Å²) < 4.78 is 27.2. The number of hydrogen-bond acceptors (Lipinski definition) is 3. The van der Waals surface area contributed by atoms with E-state index in [1.54, 1.807) is 12.3 Å². The van der Waals surface area contributed by atoms with E-state index in [1.165, 1.54) is 12.1 Å². The van der Waals surface area contributed by atoms with Crippen molar-refractivity contribution >= 4 is 17.3 Å². The second-order valence-electron chi connectivity index (χ2n) is 5.79. The number of carbonyl (C=O) groups is 1. The molecule has 6 heteroatoms.